The van der Waals surface area contributed by atoms with Crippen molar-refractivity contribution in [1.29, 1.82) is 0 Å². The molecule has 36 heavy (non-hydrogen) atoms. The fourth-order valence-corrected chi connectivity index (χ4v) is 4.01. The van der Waals surface area contributed by atoms with Crippen molar-refractivity contribution in [3.8, 4) is 5.75 Å². The first kappa shape index (κ1) is 25.0. The molecule has 1 heterocycles. The van der Waals surface area contributed by atoms with Crippen molar-refractivity contribution < 1.29 is 19.1 Å². The Morgan fingerprint density at radius 1 is 0.917 bits per heavy atom. The molecule has 8 heteroatoms. The Morgan fingerprint density at radius 3 is 2.19 bits per heavy atom. The van der Waals surface area contributed by atoms with Gasteiger partial charge in [0.25, 0.3) is 17.7 Å². The van der Waals surface area contributed by atoms with Gasteiger partial charge >= 0.3 is 0 Å². The van der Waals surface area contributed by atoms with E-state index < -0.39 is 11.8 Å². The Balaban J connectivity index is 1.44. The van der Waals surface area contributed by atoms with Crippen LogP contribution in [0.1, 0.15) is 36.7 Å². The highest BCUT2D eigenvalue weighted by molar-refractivity contribution is 6.53. The third-order valence-corrected chi connectivity index (χ3v) is 5.89. The van der Waals surface area contributed by atoms with E-state index in [2.05, 4.69) is 10.6 Å². The fourth-order valence-electron chi connectivity index (χ4n) is 3.80. The number of halogens is 1. The van der Waals surface area contributed by atoms with Gasteiger partial charge in [0.2, 0.25) is 0 Å². The molecule has 0 atom stereocenters. The molecule has 2 N–H and O–H groups in total. The van der Waals surface area contributed by atoms with E-state index in [1.807, 2.05) is 32.9 Å². The molecule has 0 unspecified atom stereocenters. The van der Waals surface area contributed by atoms with Crippen LogP contribution in [0.15, 0.2) is 83.5 Å². The van der Waals surface area contributed by atoms with E-state index in [4.69, 9.17) is 16.3 Å². The van der Waals surface area contributed by atoms with Gasteiger partial charge in [0.15, 0.2) is 0 Å². The number of imide groups is 1. The van der Waals surface area contributed by atoms with E-state index in [0.717, 1.165) is 16.2 Å². The van der Waals surface area contributed by atoms with Gasteiger partial charge in [-0.25, -0.2) is 4.90 Å². The summed E-state index contributed by atoms with van der Waals surface area (Å²) >= 11 is 6.26. The number of carbonyl (C=O) groups is 3. The summed E-state index contributed by atoms with van der Waals surface area (Å²) in [5, 5.41) is 5.59. The highest BCUT2D eigenvalue weighted by Gasteiger charge is 2.39. The monoisotopic (exact) mass is 503 g/mol. The Bertz CT molecular complexity index is 1330. The zero-order chi connectivity index (χ0) is 25.8. The number of nitrogens with zero attached hydrogens (tertiary/aromatic N) is 1. The second-order valence-electron chi connectivity index (χ2n) is 8.46. The van der Waals surface area contributed by atoms with Crippen molar-refractivity contribution in [2.75, 3.05) is 15.5 Å². The number of amides is 3. The molecule has 0 spiro atoms. The molecule has 0 aromatic heterocycles. The summed E-state index contributed by atoms with van der Waals surface area (Å²) in [6.07, 6.45) is 0.726. The number of para-hydroxylation sites is 1. The average molecular weight is 504 g/mol. The molecule has 1 aliphatic rings. The SMILES string of the molecule is CCc1ccccc1N1C(=O)C(Cl)=C(Nc2ccc(C(=O)Nc3ccc(OC(C)C)cc3)cc2)C1=O. The summed E-state index contributed by atoms with van der Waals surface area (Å²) in [7, 11) is 0. The van der Waals surface area contributed by atoms with Gasteiger partial charge in [-0.1, -0.05) is 36.7 Å². The van der Waals surface area contributed by atoms with Crippen LogP contribution in [0.4, 0.5) is 17.1 Å². The van der Waals surface area contributed by atoms with Gasteiger partial charge in [0, 0.05) is 16.9 Å². The molecule has 0 radical (unpaired) electrons. The van der Waals surface area contributed by atoms with E-state index in [-0.39, 0.29) is 22.7 Å². The molecule has 7 nitrogen and oxygen atoms in total. The van der Waals surface area contributed by atoms with E-state index in [9.17, 15) is 14.4 Å². The number of benzene rings is 3. The third-order valence-electron chi connectivity index (χ3n) is 5.54. The average Bonchev–Trinajstić information content (AvgIpc) is 3.08. The lowest BCUT2D eigenvalue weighted by Gasteiger charge is -2.18. The van der Waals surface area contributed by atoms with Crippen molar-refractivity contribution in [2.45, 2.75) is 33.3 Å². The molecular weight excluding hydrogens is 478 g/mol. The molecule has 0 saturated carbocycles. The van der Waals surface area contributed by atoms with Crippen LogP contribution in [0.25, 0.3) is 0 Å². The maximum Gasteiger partial charge on any atom is 0.283 e. The number of hydrogen-bond donors (Lipinski definition) is 2. The van der Waals surface area contributed by atoms with Crippen molar-refractivity contribution in [1.82, 2.24) is 0 Å². The van der Waals surface area contributed by atoms with Crippen LogP contribution in [-0.2, 0) is 16.0 Å². The van der Waals surface area contributed by atoms with Gasteiger partial charge in [-0.2, -0.15) is 0 Å². The summed E-state index contributed by atoms with van der Waals surface area (Å²) in [4.78, 5) is 39.6. The van der Waals surface area contributed by atoms with Gasteiger partial charge in [0.1, 0.15) is 16.5 Å². The van der Waals surface area contributed by atoms with Crippen molar-refractivity contribution in [3.05, 3.63) is 94.7 Å². The van der Waals surface area contributed by atoms with Crippen LogP contribution < -0.4 is 20.3 Å². The van der Waals surface area contributed by atoms with Gasteiger partial charge in [-0.05, 0) is 80.4 Å². The van der Waals surface area contributed by atoms with E-state index >= 15 is 0 Å². The van der Waals surface area contributed by atoms with Crippen LogP contribution in [0.5, 0.6) is 5.75 Å². The van der Waals surface area contributed by atoms with Crippen LogP contribution in [0, 0.1) is 0 Å². The van der Waals surface area contributed by atoms with Crippen LogP contribution in [0.3, 0.4) is 0 Å². The predicted octanol–water partition coefficient (Wildman–Crippen LogP) is 5.72. The zero-order valence-corrected chi connectivity index (χ0v) is 20.9. The van der Waals surface area contributed by atoms with Crippen LogP contribution in [-0.4, -0.2) is 23.8 Å². The molecular formula is C28H26ClN3O4. The third kappa shape index (κ3) is 5.26. The molecule has 3 aromatic carbocycles. The Hall–Kier alpha value is -4.10. The number of aryl methyl sites for hydroxylation is 1. The summed E-state index contributed by atoms with van der Waals surface area (Å²) in [5.74, 6) is -0.669. The molecule has 3 amide bonds. The van der Waals surface area contributed by atoms with Gasteiger partial charge < -0.3 is 15.4 Å². The number of hydrogen-bond acceptors (Lipinski definition) is 5. The lowest BCUT2D eigenvalue weighted by Crippen LogP contribution is -2.33. The molecule has 3 aromatic rings. The first-order valence-corrected chi connectivity index (χ1v) is 12.0. The second kappa shape index (κ2) is 10.7. The minimum absolute atomic E-state index is 0.00604. The van der Waals surface area contributed by atoms with Gasteiger partial charge in [-0.3, -0.25) is 14.4 Å². The number of carbonyl (C=O) groups excluding carboxylic acids is 3. The largest absolute Gasteiger partial charge is 0.491 e. The minimum Gasteiger partial charge on any atom is -0.491 e. The number of rotatable bonds is 8. The predicted molar refractivity (Wildman–Crippen MR) is 141 cm³/mol. The standard InChI is InChI=1S/C28H26ClN3O4/c1-4-18-7-5-6-8-23(18)32-27(34)24(29)25(28(32)35)30-20-11-9-19(10-12-20)26(33)31-21-13-15-22(16-14-21)36-17(2)3/h5-17,30H,4H2,1-3H3,(H,31,33). The highest BCUT2D eigenvalue weighted by Crippen LogP contribution is 2.32. The van der Waals surface area contributed by atoms with Crippen molar-refractivity contribution in [2.24, 2.45) is 0 Å². The summed E-state index contributed by atoms with van der Waals surface area (Å²) in [5.41, 5.74) is 2.95. The number of anilines is 3. The molecule has 1 aliphatic heterocycles. The summed E-state index contributed by atoms with van der Waals surface area (Å²) < 4.78 is 5.61. The Kier molecular flexibility index (Phi) is 7.41. The Morgan fingerprint density at radius 2 is 1.56 bits per heavy atom. The molecule has 184 valence electrons. The second-order valence-corrected chi connectivity index (χ2v) is 8.84. The fraction of sp³-hybridized carbons (Fsp3) is 0.179. The quantitative estimate of drug-likeness (QED) is 0.384. The van der Waals surface area contributed by atoms with Gasteiger partial charge in [-0.15, -0.1) is 0 Å². The van der Waals surface area contributed by atoms with E-state index in [1.165, 1.54) is 0 Å². The van der Waals surface area contributed by atoms with E-state index in [0.29, 0.717) is 29.0 Å². The molecule has 0 saturated heterocycles. The molecule has 4 rings (SSSR count). The smallest absolute Gasteiger partial charge is 0.283 e. The minimum atomic E-state index is -0.578. The maximum atomic E-state index is 13.1. The van der Waals surface area contributed by atoms with Gasteiger partial charge in [0.05, 0.1) is 11.8 Å². The molecule has 0 fully saturated rings. The lowest BCUT2D eigenvalue weighted by atomic mass is 10.1. The van der Waals surface area contributed by atoms with Crippen molar-refractivity contribution >= 4 is 46.4 Å². The summed E-state index contributed by atoms with van der Waals surface area (Å²) in [6, 6.07) is 20.9. The molecule has 0 aliphatic carbocycles. The topological polar surface area (TPSA) is 87.7 Å². The molecule has 0 bridgehead atoms. The van der Waals surface area contributed by atoms with Crippen LogP contribution in [0.2, 0.25) is 0 Å². The normalized spacial score (nSPS) is 13.4. The van der Waals surface area contributed by atoms with Crippen LogP contribution >= 0.6 is 11.6 Å². The highest BCUT2D eigenvalue weighted by atomic mass is 35.5. The number of ether oxygens (including phenoxy) is 1. The maximum absolute atomic E-state index is 13.1. The Labute approximate surface area is 214 Å². The van der Waals surface area contributed by atoms with Crippen molar-refractivity contribution in [3.63, 3.8) is 0 Å². The van der Waals surface area contributed by atoms with E-state index in [1.54, 1.807) is 60.7 Å². The zero-order valence-electron chi connectivity index (χ0n) is 20.2. The first-order chi connectivity index (χ1) is 17.3. The lowest BCUT2D eigenvalue weighted by molar-refractivity contribution is -0.120. The first-order valence-electron chi connectivity index (χ1n) is 11.6. The number of nitrogens with one attached hydrogen (secondary N) is 2. The summed E-state index contributed by atoms with van der Waals surface area (Å²) in [6.45, 7) is 5.84.